The van der Waals surface area contributed by atoms with Crippen molar-refractivity contribution in [2.75, 3.05) is 26.2 Å². The minimum absolute atomic E-state index is 0.712. The summed E-state index contributed by atoms with van der Waals surface area (Å²) in [5.74, 6) is -3.76. The maximum Gasteiger partial charge on any atom is 0.491 e. The summed E-state index contributed by atoms with van der Waals surface area (Å²) in [6.45, 7) is 15.7. The third-order valence-electron chi connectivity index (χ3n) is 4.41. The first-order chi connectivity index (χ1) is 14.3. The first-order valence-electron chi connectivity index (χ1n) is 10.8. The molecule has 0 rings (SSSR count). The monoisotopic (exact) mass is 460 g/mol. The van der Waals surface area contributed by atoms with Crippen LogP contribution in [-0.2, 0) is 14.3 Å². The summed E-state index contributed by atoms with van der Waals surface area (Å²) in [4.78, 5) is 27.7. The van der Waals surface area contributed by atoms with Crippen molar-refractivity contribution in [3.8, 4) is 0 Å². The van der Waals surface area contributed by atoms with Gasteiger partial charge in [0.2, 0.25) is 0 Å². The van der Waals surface area contributed by atoms with Gasteiger partial charge in [-0.15, -0.1) is 0 Å². The van der Waals surface area contributed by atoms with E-state index < -0.39 is 23.2 Å². The topological polar surface area (TPSA) is 110 Å². The van der Waals surface area contributed by atoms with Gasteiger partial charge in [-0.25, -0.2) is 4.79 Å². The number of nitrogens with zero attached hydrogens (tertiary/aromatic N) is 2. The van der Waals surface area contributed by atoms with E-state index in [4.69, 9.17) is 15.3 Å². The molecule has 11 heteroatoms. The van der Waals surface area contributed by atoms with Gasteiger partial charge in [0.25, 0.3) is 0 Å². The second kappa shape index (κ2) is 20.0. The van der Waals surface area contributed by atoms with Crippen molar-refractivity contribution in [3.05, 3.63) is 15.3 Å². The van der Waals surface area contributed by atoms with Crippen LogP contribution in [0.1, 0.15) is 86.0 Å². The van der Waals surface area contributed by atoms with E-state index in [0.29, 0.717) is 6.92 Å². The molecular weight excluding hydrogens is 421 g/mol. The number of carbonyl (C=O) groups is 2. The quantitative estimate of drug-likeness (QED) is 0.127. The second-order valence-corrected chi connectivity index (χ2v) is 7.25. The van der Waals surface area contributed by atoms with Crippen molar-refractivity contribution < 1.29 is 37.1 Å². The zero-order valence-electron chi connectivity index (χ0n) is 19.5. The Bertz CT molecular complexity index is 447. The number of alkyl halides is 3. The molecule has 0 saturated carbocycles. The lowest BCUT2D eigenvalue weighted by atomic mass is 10.1. The van der Waals surface area contributed by atoms with Crippen LogP contribution in [-0.4, -0.2) is 53.9 Å². The number of esters is 2. The highest BCUT2D eigenvalue weighted by atomic mass is 19.4. The summed E-state index contributed by atoms with van der Waals surface area (Å²) in [7, 11) is 0. The van der Waals surface area contributed by atoms with Crippen molar-refractivity contribution in [1.82, 2.24) is 0 Å². The van der Waals surface area contributed by atoms with Crippen LogP contribution >= 0.6 is 0 Å². The summed E-state index contributed by atoms with van der Waals surface area (Å²) in [5, 5.41) is 14.8. The molecule has 0 aliphatic carbocycles. The minimum Gasteiger partial charge on any atom is -0.387 e. The molecule has 8 nitrogen and oxygen atoms in total. The molecule has 0 spiro atoms. The predicted octanol–water partition coefficient (Wildman–Crippen LogP) is 5.40. The van der Waals surface area contributed by atoms with Crippen molar-refractivity contribution >= 4 is 11.9 Å². The van der Waals surface area contributed by atoms with E-state index in [-0.39, 0.29) is 0 Å². The normalized spacial score (nSPS) is 10.8. The average molecular weight is 461 g/mol. The molecule has 0 saturated heterocycles. The molecule has 0 bridgehead atoms. The summed E-state index contributed by atoms with van der Waals surface area (Å²) >= 11 is 0. The molecule has 0 aromatic heterocycles. The maximum absolute atomic E-state index is 11.2. The number of ether oxygens (including phenoxy) is 1. The molecule has 0 aromatic rings. The maximum atomic E-state index is 11.2. The molecule has 0 heterocycles. The van der Waals surface area contributed by atoms with Crippen LogP contribution in [0.4, 0.5) is 13.2 Å². The Balaban J connectivity index is -0.000000471. The molecule has 0 amide bonds. The molecule has 0 aliphatic rings. The van der Waals surface area contributed by atoms with Gasteiger partial charge >= 0.3 is 18.1 Å². The zero-order chi connectivity index (χ0) is 24.9. The summed E-state index contributed by atoms with van der Waals surface area (Å²) < 4.78 is 38.2. The molecule has 186 valence electrons. The van der Waals surface area contributed by atoms with Crippen LogP contribution in [0.25, 0.3) is 0 Å². The van der Waals surface area contributed by atoms with Crippen LogP contribution in [0.2, 0.25) is 0 Å². The third-order valence-corrected chi connectivity index (χ3v) is 4.41. The van der Waals surface area contributed by atoms with E-state index >= 15 is 0 Å². The highest BCUT2D eigenvalue weighted by Gasteiger charge is 2.41. The lowest BCUT2D eigenvalue weighted by Gasteiger charge is -2.39. The van der Waals surface area contributed by atoms with Crippen LogP contribution in [0, 0.1) is 15.3 Å². The molecule has 0 fully saturated rings. The van der Waals surface area contributed by atoms with Gasteiger partial charge in [0.1, 0.15) is 0 Å². The predicted molar refractivity (Wildman–Crippen MR) is 113 cm³/mol. The van der Waals surface area contributed by atoms with Gasteiger partial charge in [-0.05, 0) is 25.7 Å². The standard InChI is InChI=1S/C16H36N.C4H3F3O3.NO3/c1-5-9-13-17(14-10-6-2,15-11-7-3)16-12-8-4;1-2(8)10-3(9)4(5,6)7;2-1(3)4/h5-16H2,1-4H3;1H3;/q+1;;-1. The first-order valence-corrected chi connectivity index (χ1v) is 10.8. The van der Waals surface area contributed by atoms with E-state index in [0.717, 1.165) is 0 Å². The van der Waals surface area contributed by atoms with Gasteiger partial charge < -0.3 is 24.5 Å². The van der Waals surface area contributed by atoms with Gasteiger partial charge in [-0.1, -0.05) is 53.4 Å². The average Bonchev–Trinajstić information content (AvgIpc) is 2.66. The first kappa shape index (κ1) is 33.7. The van der Waals surface area contributed by atoms with Crippen LogP contribution in [0.3, 0.4) is 0 Å². The largest absolute Gasteiger partial charge is 0.491 e. The number of unbranched alkanes of at least 4 members (excludes halogenated alkanes) is 4. The Labute approximate surface area is 183 Å². The van der Waals surface area contributed by atoms with E-state index in [9.17, 15) is 22.8 Å². The summed E-state index contributed by atoms with van der Waals surface area (Å²) in [5.41, 5.74) is 0. The van der Waals surface area contributed by atoms with E-state index in [1.165, 1.54) is 82.0 Å². The molecule has 31 heavy (non-hydrogen) atoms. The van der Waals surface area contributed by atoms with Gasteiger partial charge in [0.15, 0.2) is 0 Å². The van der Waals surface area contributed by atoms with Crippen molar-refractivity contribution in [2.24, 2.45) is 0 Å². The van der Waals surface area contributed by atoms with Crippen LogP contribution < -0.4 is 0 Å². The molecule has 0 aromatic carbocycles. The molecule has 0 aliphatic heterocycles. The second-order valence-electron chi connectivity index (χ2n) is 7.25. The number of hydrogen-bond acceptors (Lipinski definition) is 6. The Morgan fingerprint density at radius 1 is 0.806 bits per heavy atom. The highest BCUT2D eigenvalue weighted by Crippen LogP contribution is 2.17. The zero-order valence-corrected chi connectivity index (χ0v) is 19.5. The van der Waals surface area contributed by atoms with Crippen molar-refractivity contribution in [1.29, 1.82) is 0 Å². The lowest BCUT2D eigenvalue weighted by molar-refractivity contribution is -0.929. The minimum atomic E-state index is -5.09. The van der Waals surface area contributed by atoms with Gasteiger partial charge in [0, 0.05) is 6.92 Å². The molecule has 0 N–H and O–H groups in total. The molecule has 0 unspecified atom stereocenters. The summed E-state index contributed by atoms with van der Waals surface area (Å²) in [6.07, 6.45) is 5.97. The molecule has 0 atom stereocenters. The van der Waals surface area contributed by atoms with Gasteiger partial charge in [-0.3, -0.25) is 4.79 Å². The van der Waals surface area contributed by atoms with Gasteiger partial charge in [0.05, 0.1) is 31.3 Å². The summed E-state index contributed by atoms with van der Waals surface area (Å²) in [6, 6.07) is 0. The number of rotatable bonds is 12. The fourth-order valence-corrected chi connectivity index (χ4v) is 2.83. The third kappa shape index (κ3) is 24.2. The Morgan fingerprint density at radius 3 is 1.19 bits per heavy atom. The SMILES string of the molecule is CC(=O)OC(=O)C(F)(F)F.CCCC[N+](CCCC)(CCCC)CCCC.O=[N+]([O-])[O-]. The fraction of sp³-hybridized carbons (Fsp3) is 0.900. The number of hydrogen-bond donors (Lipinski definition) is 0. The number of carbonyl (C=O) groups excluding carboxylic acids is 2. The Morgan fingerprint density at radius 2 is 1.06 bits per heavy atom. The van der Waals surface area contributed by atoms with Crippen molar-refractivity contribution in [2.45, 2.75) is 92.2 Å². The number of quaternary nitrogens is 1. The van der Waals surface area contributed by atoms with Crippen LogP contribution in [0.15, 0.2) is 0 Å². The highest BCUT2D eigenvalue weighted by molar-refractivity contribution is 5.87. The lowest BCUT2D eigenvalue weighted by Crippen LogP contribution is -2.50. The van der Waals surface area contributed by atoms with E-state index in [2.05, 4.69) is 32.4 Å². The fourth-order valence-electron chi connectivity index (χ4n) is 2.83. The van der Waals surface area contributed by atoms with E-state index in [1.54, 1.807) is 0 Å². The van der Waals surface area contributed by atoms with E-state index in [1.807, 2.05) is 0 Å². The van der Waals surface area contributed by atoms with Crippen LogP contribution in [0.5, 0.6) is 0 Å². The molecular formula is C20H39F3N2O6. The Hall–Kier alpha value is -1.91. The Kier molecular flexibility index (Phi) is 21.8. The molecule has 0 radical (unpaired) electrons. The number of halogens is 3. The smallest absolute Gasteiger partial charge is 0.387 e. The van der Waals surface area contributed by atoms with Crippen molar-refractivity contribution in [3.63, 3.8) is 0 Å². The van der Waals surface area contributed by atoms with Gasteiger partial charge in [-0.2, -0.15) is 13.2 Å².